The third-order valence-electron chi connectivity index (χ3n) is 7.92. The summed E-state index contributed by atoms with van der Waals surface area (Å²) < 4.78 is 28.3. The number of anilines is 1. The second-order valence-electron chi connectivity index (χ2n) is 12.1. The molecule has 8 nitrogen and oxygen atoms in total. The number of benzene rings is 2. The Morgan fingerprint density at radius 1 is 1.02 bits per heavy atom. The van der Waals surface area contributed by atoms with Crippen molar-refractivity contribution in [3.8, 4) is 11.3 Å². The first-order chi connectivity index (χ1) is 20.7. The summed E-state index contributed by atoms with van der Waals surface area (Å²) in [6.07, 6.45) is 0.849. The molecule has 1 aliphatic carbocycles. The molecule has 1 saturated heterocycles. The number of carbonyl (C=O) groups excluding carboxylic acids is 1. The molecular formula is C33H31ClFN5O3. The highest BCUT2D eigenvalue weighted by atomic mass is 35.5. The Hall–Kier alpha value is -4.08. The Bertz CT molecular complexity index is 1880. The van der Waals surface area contributed by atoms with Crippen molar-refractivity contribution in [3.63, 3.8) is 0 Å². The van der Waals surface area contributed by atoms with Gasteiger partial charge in [-0.25, -0.2) is 18.7 Å². The summed E-state index contributed by atoms with van der Waals surface area (Å²) in [6.45, 7) is 7.84. The van der Waals surface area contributed by atoms with E-state index >= 15 is 4.39 Å². The summed E-state index contributed by atoms with van der Waals surface area (Å²) >= 11 is 6.58. The van der Waals surface area contributed by atoms with Gasteiger partial charge in [0.25, 0.3) is 0 Å². The van der Waals surface area contributed by atoms with E-state index in [1.54, 1.807) is 31.4 Å². The van der Waals surface area contributed by atoms with Crippen LogP contribution in [0.15, 0.2) is 60.7 Å². The standard InChI is InChI=1S/C33H31ClFN5O3/c1-33(2,3)43-32(41)21-10-8-20(16-24(21)35)30-29(23-17-22(23)26-11-9-19-6-4-5-7-25(19)36-26)37-31-27(18-28(34)38-40(30)31)39-12-14-42-15-13-39/h4-11,16,18,22-23H,12-15,17H2,1-3H3/t22-,23+/m0/s1. The van der Waals surface area contributed by atoms with Gasteiger partial charge in [-0.1, -0.05) is 41.9 Å². The van der Waals surface area contributed by atoms with E-state index in [-0.39, 0.29) is 17.4 Å². The van der Waals surface area contributed by atoms with Crippen molar-refractivity contribution in [1.82, 2.24) is 19.6 Å². The molecule has 2 fully saturated rings. The average Bonchev–Trinajstić information content (AvgIpc) is 3.69. The van der Waals surface area contributed by atoms with Gasteiger partial charge in [-0.15, -0.1) is 0 Å². The van der Waals surface area contributed by atoms with E-state index in [1.807, 2.05) is 24.3 Å². The van der Waals surface area contributed by atoms with E-state index in [1.165, 1.54) is 12.1 Å². The highest BCUT2D eigenvalue weighted by molar-refractivity contribution is 6.29. The topological polar surface area (TPSA) is 81.8 Å². The molecule has 0 bridgehead atoms. The molecular weight excluding hydrogens is 569 g/mol. The van der Waals surface area contributed by atoms with Gasteiger partial charge in [0.15, 0.2) is 10.8 Å². The van der Waals surface area contributed by atoms with Crippen molar-refractivity contribution in [1.29, 1.82) is 0 Å². The van der Waals surface area contributed by atoms with Gasteiger partial charge in [-0.2, -0.15) is 5.10 Å². The van der Waals surface area contributed by atoms with Gasteiger partial charge in [0.2, 0.25) is 0 Å². The van der Waals surface area contributed by atoms with Crippen LogP contribution in [-0.4, -0.2) is 57.5 Å². The summed E-state index contributed by atoms with van der Waals surface area (Å²) in [5.74, 6) is -1.18. The molecule has 2 aromatic carbocycles. The highest BCUT2D eigenvalue weighted by Crippen LogP contribution is 2.56. The fraction of sp³-hybridized carbons (Fsp3) is 0.333. The third kappa shape index (κ3) is 5.32. The Labute approximate surface area is 253 Å². The Morgan fingerprint density at radius 3 is 2.58 bits per heavy atom. The van der Waals surface area contributed by atoms with Crippen LogP contribution >= 0.6 is 11.6 Å². The van der Waals surface area contributed by atoms with E-state index in [4.69, 9.17) is 31.0 Å². The fourth-order valence-electron chi connectivity index (χ4n) is 5.83. The second kappa shape index (κ2) is 10.6. The van der Waals surface area contributed by atoms with E-state index in [2.05, 4.69) is 28.2 Å². The van der Waals surface area contributed by atoms with Crippen LogP contribution in [0.1, 0.15) is 60.8 Å². The van der Waals surface area contributed by atoms with E-state index in [0.717, 1.165) is 34.4 Å². The molecule has 220 valence electrons. The Balaban J connectivity index is 1.35. The number of hydrogen-bond donors (Lipinski definition) is 0. The lowest BCUT2D eigenvalue weighted by molar-refractivity contribution is 0.00647. The van der Waals surface area contributed by atoms with Crippen molar-refractivity contribution >= 4 is 39.8 Å². The van der Waals surface area contributed by atoms with Crippen LogP contribution in [0, 0.1) is 5.82 Å². The number of imidazole rings is 1. The van der Waals surface area contributed by atoms with E-state index in [0.29, 0.717) is 48.4 Å². The average molecular weight is 600 g/mol. The molecule has 43 heavy (non-hydrogen) atoms. The number of pyridine rings is 1. The monoisotopic (exact) mass is 599 g/mol. The van der Waals surface area contributed by atoms with Crippen LogP contribution < -0.4 is 4.90 Å². The number of hydrogen-bond acceptors (Lipinski definition) is 7. The molecule has 2 aliphatic rings. The molecule has 7 rings (SSSR count). The molecule has 2 atom stereocenters. The van der Waals surface area contributed by atoms with Crippen molar-refractivity contribution in [2.75, 3.05) is 31.2 Å². The first-order valence-corrected chi connectivity index (χ1v) is 14.8. The lowest BCUT2D eigenvalue weighted by atomic mass is 10.0. The van der Waals surface area contributed by atoms with Gasteiger partial charge in [-0.3, -0.25) is 4.98 Å². The van der Waals surface area contributed by atoms with Crippen LogP contribution in [0.3, 0.4) is 0 Å². The normalized spacial score (nSPS) is 18.8. The van der Waals surface area contributed by atoms with Gasteiger partial charge in [0, 0.05) is 47.6 Å². The number of esters is 1. The van der Waals surface area contributed by atoms with Gasteiger partial charge in [0.05, 0.1) is 41.4 Å². The molecule has 1 aliphatic heterocycles. The summed E-state index contributed by atoms with van der Waals surface area (Å²) in [5, 5.41) is 6.03. The lowest BCUT2D eigenvalue weighted by Crippen LogP contribution is -2.36. The van der Waals surface area contributed by atoms with Gasteiger partial charge < -0.3 is 14.4 Å². The van der Waals surface area contributed by atoms with Crippen molar-refractivity contribution < 1.29 is 18.7 Å². The number of aromatic nitrogens is 4. The smallest absolute Gasteiger partial charge is 0.341 e. The quantitative estimate of drug-likeness (QED) is 0.206. The number of rotatable bonds is 5. The van der Waals surface area contributed by atoms with Gasteiger partial charge in [-0.05, 0) is 51.5 Å². The number of nitrogens with zero attached hydrogens (tertiary/aromatic N) is 5. The summed E-state index contributed by atoms with van der Waals surface area (Å²) in [7, 11) is 0. The van der Waals surface area contributed by atoms with Gasteiger partial charge in [0.1, 0.15) is 11.4 Å². The first kappa shape index (κ1) is 27.7. The molecule has 0 unspecified atom stereocenters. The van der Waals surface area contributed by atoms with Crippen molar-refractivity contribution in [2.24, 2.45) is 0 Å². The maximum Gasteiger partial charge on any atom is 0.341 e. The zero-order chi connectivity index (χ0) is 29.9. The maximum absolute atomic E-state index is 15.5. The molecule has 3 aromatic heterocycles. The zero-order valence-electron chi connectivity index (χ0n) is 24.2. The molecule has 0 N–H and O–H groups in total. The van der Waals surface area contributed by atoms with Crippen LogP contribution in [0.5, 0.6) is 0 Å². The second-order valence-corrected chi connectivity index (χ2v) is 12.5. The molecule has 0 radical (unpaired) electrons. The highest BCUT2D eigenvalue weighted by Gasteiger charge is 2.45. The van der Waals surface area contributed by atoms with Gasteiger partial charge >= 0.3 is 5.97 Å². The minimum atomic E-state index is -0.745. The van der Waals surface area contributed by atoms with Crippen molar-refractivity contribution in [2.45, 2.75) is 44.6 Å². The number of fused-ring (bicyclic) bond motifs is 2. The van der Waals surface area contributed by atoms with Crippen molar-refractivity contribution in [3.05, 3.63) is 88.6 Å². The van der Waals surface area contributed by atoms with Crippen LogP contribution in [0.25, 0.3) is 27.8 Å². The maximum atomic E-state index is 15.5. The Kier molecular flexibility index (Phi) is 6.82. The summed E-state index contributed by atoms with van der Waals surface area (Å²) in [5.41, 5.74) is 4.56. The summed E-state index contributed by atoms with van der Waals surface area (Å²) in [4.78, 5) is 25.0. The third-order valence-corrected chi connectivity index (χ3v) is 8.10. The molecule has 1 saturated carbocycles. The molecule has 4 heterocycles. The summed E-state index contributed by atoms with van der Waals surface area (Å²) in [6, 6.07) is 18.6. The lowest BCUT2D eigenvalue weighted by Gasteiger charge is -2.28. The van der Waals surface area contributed by atoms with Crippen LogP contribution in [0.2, 0.25) is 5.15 Å². The largest absolute Gasteiger partial charge is 0.456 e. The van der Waals surface area contributed by atoms with E-state index in [9.17, 15) is 4.79 Å². The Morgan fingerprint density at radius 2 is 1.81 bits per heavy atom. The molecule has 0 amide bonds. The predicted octanol–water partition coefficient (Wildman–Crippen LogP) is 6.80. The molecule has 10 heteroatoms. The zero-order valence-corrected chi connectivity index (χ0v) is 24.9. The number of carbonyl (C=O) groups is 1. The van der Waals surface area contributed by atoms with Crippen LogP contribution in [-0.2, 0) is 9.47 Å². The SMILES string of the molecule is CC(C)(C)OC(=O)c1ccc(-c2c([C@@H]3C[C@@H]3c3ccc4ccccc4n3)nc3c(N4CCOCC4)cc(Cl)nn23)cc1F. The number of halogens is 2. The minimum Gasteiger partial charge on any atom is -0.456 e. The minimum absolute atomic E-state index is 0.0512. The first-order valence-electron chi connectivity index (χ1n) is 14.5. The predicted molar refractivity (Wildman–Crippen MR) is 163 cm³/mol. The number of ether oxygens (including phenoxy) is 2. The fourth-order valence-corrected chi connectivity index (χ4v) is 6.01. The molecule has 0 spiro atoms. The number of para-hydroxylation sites is 1. The molecule has 5 aromatic rings. The van der Waals surface area contributed by atoms with E-state index < -0.39 is 17.4 Å². The van der Waals surface area contributed by atoms with Crippen LogP contribution in [0.4, 0.5) is 10.1 Å². The number of morpholine rings is 1.